The Morgan fingerprint density at radius 1 is 1.21 bits per heavy atom. The zero-order valence-electron chi connectivity index (χ0n) is 11.6. The molecule has 0 amide bonds. The lowest BCUT2D eigenvalue weighted by molar-refractivity contribution is 0.293. The summed E-state index contributed by atoms with van der Waals surface area (Å²) < 4.78 is 0. The van der Waals surface area contributed by atoms with Crippen LogP contribution in [-0.2, 0) is 0 Å². The van der Waals surface area contributed by atoms with Crippen molar-refractivity contribution in [3.63, 3.8) is 0 Å². The monoisotopic (exact) mass is 254 g/mol. The first-order valence-electron chi connectivity index (χ1n) is 7.40. The van der Waals surface area contributed by atoms with E-state index in [2.05, 4.69) is 41.5 Å². The number of fused-ring (bicyclic) bond motifs is 1. The minimum absolute atomic E-state index is 0.829. The van der Waals surface area contributed by atoms with Crippen molar-refractivity contribution in [3.8, 4) is 0 Å². The number of pyridine rings is 1. The van der Waals surface area contributed by atoms with Crippen molar-refractivity contribution < 1.29 is 0 Å². The molecule has 0 aliphatic heterocycles. The average Bonchev–Trinajstić information content (AvgIpc) is 2.45. The summed E-state index contributed by atoms with van der Waals surface area (Å²) >= 11 is 0. The maximum absolute atomic E-state index is 4.41. The van der Waals surface area contributed by atoms with Gasteiger partial charge in [-0.15, -0.1) is 0 Å². The van der Waals surface area contributed by atoms with E-state index in [4.69, 9.17) is 0 Å². The van der Waals surface area contributed by atoms with Gasteiger partial charge in [-0.25, -0.2) is 0 Å². The van der Waals surface area contributed by atoms with Gasteiger partial charge < -0.3 is 5.32 Å². The highest BCUT2D eigenvalue weighted by Crippen LogP contribution is 2.29. The number of rotatable bonds is 3. The molecule has 0 bridgehead atoms. The van der Waals surface area contributed by atoms with Crippen LogP contribution < -0.4 is 5.32 Å². The maximum Gasteiger partial charge on any atom is 0.0722 e. The first-order valence-corrected chi connectivity index (χ1v) is 7.40. The molecule has 2 atom stereocenters. The van der Waals surface area contributed by atoms with Crippen LogP contribution in [0.25, 0.3) is 10.9 Å². The molecule has 0 radical (unpaired) electrons. The Morgan fingerprint density at radius 3 is 3.00 bits per heavy atom. The number of nitrogens with zero attached hydrogens (tertiary/aromatic N) is 1. The number of benzene rings is 1. The van der Waals surface area contributed by atoms with Crippen LogP contribution in [0.5, 0.6) is 0 Å². The molecule has 1 fully saturated rings. The average molecular weight is 254 g/mol. The number of anilines is 1. The van der Waals surface area contributed by atoms with Gasteiger partial charge in [-0.3, -0.25) is 4.98 Å². The molecule has 1 aliphatic rings. The molecule has 19 heavy (non-hydrogen) atoms. The smallest absolute Gasteiger partial charge is 0.0722 e. The normalized spacial score (nSPS) is 23.4. The van der Waals surface area contributed by atoms with Crippen molar-refractivity contribution >= 4 is 16.6 Å². The highest BCUT2D eigenvalue weighted by atomic mass is 14.9. The first kappa shape index (κ1) is 12.5. The van der Waals surface area contributed by atoms with E-state index >= 15 is 0 Å². The van der Waals surface area contributed by atoms with Gasteiger partial charge >= 0.3 is 0 Å². The molecule has 1 aromatic heterocycles. The molecule has 1 saturated carbocycles. The molecule has 3 rings (SSSR count). The molecule has 1 aromatic carbocycles. The summed E-state index contributed by atoms with van der Waals surface area (Å²) in [7, 11) is 0. The predicted octanol–water partition coefficient (Wildman–Crippen LogP) is 4.47. The minimum Gasteiger partial charge on any atom is -0.384 e. The molecule has 0 spiro atoms. The molecule has 100 valence electrons. The van der Waals surface area contributed by atoms with Crippen LogP contribution in [0, 0.1) is 11.8 Å². The fraction of sp³-hybridized carbons (Fsp3) is 0.471. The van der Waals surface area contributed by atoms with Gasteiger partial charge in [-0.1, -0.05) is 38.0 Å². The van der Waals surface area contributed by atoms with Gasteiger partial charge in [-0.05, 0) is 36.8 Å². The molecule has 1 aliphatic carbocycles. The second kappa shape index (κ2) is 5.60. The summed E-state index contributed by atoms with van der Waals surface area (Å²) in [6.07, 6.45) is 7.45. The Hall–Kier alpha value is -1.57. The second-order valence-electron chi connectivity index (χ2n) is 5.89. The van der Waals surface area contributed by atoms with Gasteiger partial charge in [0.25, 0.3) is 0 Å². The topological polar surface area (TPSA) is 24.9 Å². The van der Waals surface area contributed by atoms with E-state index in [0.717, 1.165) is 23.9 Å². The Labute approximate surface area is 115 Å². The van der Waals surface area contributed by atoms with E-state index < -0.39 is 0 Å². The lowest BCUT2D eigenvalue weighted by Gasteiger charge is -2.27. The zero-order valence-corrected chi connectivity index (χ0v) is 11.6. The van der Waals surface area contributed by atoms with E-state index in [9.17, 15) is 0 Å². The highest BCUT2D eigenvalue weighted by molar-refractivity contribution is 5.90. The van der Waals surface area contributed by atoms with Crippen molar-refractivity contribution in [1.29, 1.82) is 0 Å². The van der Waals surface area contributed by atoms with E-state index in [-0.39, 0.29) is 0 Å². The molecule has 2 nitrogen and oxygen atoms in total. The summed E-state index contributed by atoms with van der Waals surface area (Å²) in [6, 6.07) is 10.4. The zero-order chi connectivity index (χ0) is 13.1. The van der Waals surface area contributed by atoms with Crippen molar-refractivity contribution in [2.75, 3.05) is 11.9 Å². The standard InChI is InChI=1S/C17H22N2/c1-13-5-4-6-14(11-13)12-19-17-9-10-18-16-8-3-2-7-15(16)17/h2-3,7-10,13-14H,4-6,11-12H2,1H3,(H,18,19). The fourth-order valence-corrected chi connectivity index (χ4v) is 3.25. The largest absolute Gasteiger partial charge is 0.384 e. The van der Waals surface area contributed by atoms with Gasteiger partial charge in [0.1, 0.15) is 0 Å². The van der Waals surface area contributed by atoms with Gasteiger partial charge in [0, 0.05) is 23.8 Å². The number of aromatic nitrogens is 1. The van der Waals surface area contributed by atoms with Gasteiger partial charge in [0.15, 0.2) is 0 Å². The van der Waals surface area contributed by atoms with Crippen LogP contribution in [0.3, 0.4) is 0 Å². The van der Waals surface area contributed by atoms with Crippen LogP contribution in [0.2, 0.25) is 0 Å². The lowest BCUT2D eigenvalue weighted by atomic mass is 9.82. The summed E-state index contributed by atoms with van der Waals surface area (Å²) in [5, 5.41) is 4.87. The van der Waals surface area contributed by atoms with E-state index in [1.165, 1.54) is 36.8 Å². The molecular weight excluding hydrogens is 232 g/mol. The molecule has 2 aromatic rings. The van der Waals surface area contributed by atoms with Crippen molar-refractivity contribution in [1.82, 2.24) is 4.98 Å². The van der Waals surface area contributed by atoms with Gasteiger partial charge in [0.2, 0.25) is 0 Å². The first-order chi connectivity index (χ1) is 9.33. The summed E-state index contributed by atoms with van der Waals surface area (Å²) in [5.74, 6) is 1.73. The number of hydrogen-bond donors (Lipinski definition) is 1. The quantitative estimate of drug-likeness (QED) is 0.874. The van der Waals surface area contributed by atoms with Crippen LogP contribution in [0.1, 0.15) is 32.6 Å². The Balaban J connectivity index is 1.71. The third-order valence-corrected chi connectivity index (χ3v) is 4.28. The van der Waals surface area contributed by atoms with Gasteiger partial charge in [-0.2, -0.15) is 0 Å². The van der Waals surface area contributed by atoms with E-state index in [1.807, 2.05) is 12.3 Å². The number of hydrogen-bond acceptors (Lipinski definition) is 2. The molecular formula is C17H22N2. The SMILES string of the molecule is CC1CCCC(CNc2ccnc3ccccc23)C1. The predicted molar refractivity (Wildman–Crippen MR) is 81.4 cm³/mol. The maximum atomic E-state index is 4.41. The Morgan fingerprint density at radius 2 is 2.11 bits per heavy atom. The van der Waals surface area contributed by atoms with Crippen LogP contribution in [0.4, 0.5) is 5.69 Å². The Bertz CT molecular complexity index is 544. The summed E-state index contributed by atoms with van der Waals surface area (Å²) in [5.41, 5.74) is 2.30. The molecule has 2 unspecified atom stereocenters. The Kier molecular flexibility index (Phi) is 3.67. The molecule has 1 heterocycles. The molecule has 1 N–H and O–H groups in total. The number of para-hydroxylation sites is 1. The van der Waals surface area contributed by atoms with Crippen LogP contribution in [0.15, 0.2) is 36.5 Å². The van der Waals surface area contributed by atoms with E-state index in [0.29, 0.717) is 0 Å². The van der Waals surface area contributed by atoms with Crippen LogP contribution >= 0.6 is 0 Å². The third-order valence-electron chi connectivity index (χ3n) is 4.28. The third kappa shape index (κ3) is 2.89. The van der Waals surface area contributed by atoms with Crippen molar-refractivity contribution in [3.05, 3.63) is 36.5 Å². The van der Waals surface area contributed by atoms with Crippen LogP contribution in [-0.4, -0.2) is 11.5 Å². The number of nitrogens with one attached hydrogen (secondary N) is 1. The van der Waals surface area contributed by atoms with E-state index in [1.54, 1.807) is 0 Å². The second-order valence-corrected chi connectivity index (χ2v) is 5.89. The lowest BCUT2D eigenvalue weighted by Crippen LogP contribution is -2.21. The fourth-order valence-electron chi connectivity index (χ4n) is 3.25. The van der Waals surface area contributed by atoms with Crippen molar-refractivity contribution in [2.45, 2.75) is 32.6 Å². The molecule has 0 saturated heterocycles. The summed E-state index contributed by atoms with van der Waals surface area (Å²) in [4.78, 5) is 4.41. The van der Waals surface area contributed by atoms with Crippen molar-refractivity contribution in [2.24, 2.45) is 11.8 Å². The summed E-state index contributed by atoms with van der Waals surface area (Å²) in [6.45, 7) is 3.48. The van der Waals surface area contributed by atoms with Gasteiger partial charge in [0.05, 0.1) is 5.52 Å². The highest BCUT2D eigenvalue weighted by Gasteiger charge is 2.18. The molecule has 2 heteroatoms. The minimum atomic E-state index is 0.829.